The normalized spacial score (nSPS) is 31.8. The Morgan fingerprint density at radius 2 is 2.21 bits per heavy atom. The lowest BCUT2D eigenvalue weighted by atomic mass is 9.52. The summed E-state index contributed by atoms with van der Waals surface area (Å²) in [6, 6.07) is 6.89. The SMILES string of the molecule is CCOC(=O)Oc1ccc2c(c1)[C@]13CCCC[C@@H]1[C@H](C2)N(C)CC3. The predicted molar refractivity (Wildman–Crippen MR) is 92.5 cm³/mol. The molecule has 4 rings (SSSR count). The molecule has 2 aliphatic carbocycles. The molecule has 1 saturated carbocycles. The smallest absolute Gasteiger partial charge is 0.434 e. The molecule has 24 heavy (non-hydrogen) atoms. The Hall–Kier alpha value is -1.55. The number of hydrogen-bond acceptors (Lipinski definition) is 4. The van der Waals surface area contributed by atoms with Crippen LogP contribution in [0, 0.1) is 5.92 Å². The molecule has 1 aromatic carbocycles. The molecule has 0 amide bonds. The summed E-state index contributed by atoms with van der Waals surface area (Å²) >= 11 is 0. The number of rotatable bonds is 2. The zero-order valence-corrected chi connectivity index (χ0v) is 14.7. The number of likely N-dealkylation sites (tertiary alicyclic amines) is 1. The first-order valence-corrected chi connectivity index (χ1v) is 9.32. The molecular formula is C20H27NO3. The van der Waals surface area contributed by atoms with E-state index in [9.17, 15) is 4.79 Å². The van der Waals surface area contributed by atoms with Crippen LogP contribution in [0.4, 0.5) is 4.79 Å². The third-order valence-corrected chi connectivity index (χ3v) is 6.55. The molecule has 4 nitrogen and oxygen atoms in total. The number of fused-ring (bicyclic) bond motifs is 1. The van der Waals surface area contributed by atoms with E-state index in [0.29, 0.717) is 18.4 Å². The molecule has 2 fully saturated rings. The summed E-state index contributed by atoms with van der Waals surface area (Å²) in [7, 11) is 2.28. The third kappa shape index (κ3) is 2.43. The molecule has 130 valence electrons. The first kappa shape index (κ1) is 15.9. The quantitative estimate of drug-likeness (QED) is 0.609. The second-order valence-electron chi connectivity index (χ2n) is 7.61. The van der Waals surface area contributed by atoms with Crippen molar-refractivity contribution >= 4 is 6.16 Å². The molecule has 0 spiro atoms. The lowest BCUT2D eigenvalue weighted by Gasteiger charge is -2.58. The van der Waals surface area contributed by atoms with Gasteiger partial charge in [0.2, 0.25) is 0 Å². The van der Waals surface area contributed by atoms with Gasteiger partial charge in [-0.25, -0.2) is 4.79 Å². The second kappa shape index (κ2) is 6.07. The number of benzene rings is 1. The first-order chi connectivity index (χ1) is 11.6. The van der Waals surface area contributed by atoms with Gasteiger partial charge in [0.15, 0.2) is 0 Å². The van der Waals surface area contributed by atoms with Gasteiger partial charge in [0.1, 0.15) is 5.75 Å². The molecule has 3 aliphatic rings. The highest BCUT2D eigenvalue weighted by Gasteiger charge is 2.53. The Morgan fingerprint density at radius 3 is 3.04 bits per heavy atom. The van der Waals surface area contributed by atoms with Crippen molar-refractivity contribution < 1.29 is 14.3 Å². The van der Waals surface area contributed by atoms with Crippen LogP contribution in [-0.4, -0.2) is 37.3 Å². The Morgan fingerprint density at radius 1 is 1.33 bits per heavy atom. The van der Waals surface area contributed by atoms with Crippen molar-refractivity contribution in [2.24, 2.45) is 5.92 Å². The Bertz CT molecular complexity index is 644. The molecule has 4 heteroatoms. The zero-order valence-electron chi connectivity index (χ0n) is 14.7. The summed E-state index contributed by atoms with van der Waals surface area (Å²) in [5.41, 5.74) is 3.18. The minimum absolute atomic E-state index is 0.289. The number of nitrogens with zero attached hydrogens (tertiary/aromatic N) is 1. The average molecular weight is 329 g/mol. The Labute approximate surface area is 144 Å². The van der Waals surface area contributed by atoms with Crippen LogP contribution >= 0.6 is 0 Å². The predicted octanol–water partition coefficient (Wildman–Crippen LogP) is 3.91. The van der Waals surface area contributed by atoms with Gasteiger partial charge in [-0.15, -0.1) is 0 Å². The van der Waals surface area contributed by atoms with Gasteiger partial charge in [0.25, 0.3) is 0 Å². The molecule has 1 aromatic rings. The maximum absolute atomic E-state index is 11.7. The number of carbonyl (C=O) groups is 1. The van der Waals surface area contributed by atoms with Crippen LogP contribution in [0.3, 0.4) is 0 Å². The number of likely N-dealkylation sites (N-methyl/N-ethyl adjacent to an activating group) is 1. The zero-order chi connectivity index (χ0) is 16.7. The van der Waals surface area contributed by atoms with Gasteiger partial charge in [-0.3, -0.25) is 0 Å². The van der Waals surface area contributed by atoms with E-state index in [1.807, 2.05) is 6.07 Å². The van der Waals surface area contributed by atoms with E-state index < -0.39 is 6.16 Å². The van der Waals surface area contributed by atoms with E-state index in [1.165, 1.54) is 49.8 Å². The summed E-state index contributed by atoms with van der Waals surface area (Å²) in [4.78, 5) is 14.2. The molecule has 0 aromatic heterocycles. The minimum Gasteiger partial charge on any atom is -0.434 e. The molecule has 1 heterocycles. The van der Waals surface area contributed by atoms with Gasteiger partial charge in [0.05, 0.1) is 6.61 Å². The monoisotopic (exact) mass is 329 g/mol. The fourth-order valence-electron chi connectivity index (χ4n) is 5.48. The molecule has 1 aliphatic heterocycles. The van der Waals surface area contributed by atoms with E-state index in [1.54, 1.807) is 6.92 Å². The van der Waals surface area contributed by atoms with Crippen molar-refractivity contribution in [2.45, 2.75) is 56.9 Å². The number of hydrogen-bond donors (Lipinski definition) is 0. The van der Waals surface area contributed by atoms with Crippen molar-refractivity contribution in [2.75, 3.05) is 20.2 Å². The van der Waals surface area contributed by atoms with Crippen molar-refractivity contribution in [1.82, 2.24) is 4.90 Å². The van der Waals surface area contributed by atoms with Crippen LogP contribution in [0.15, 0.2) is 18.2 Å². The lowest BCUT2D eigenvalue weighted by Crippen LogP contribution is -2.59. The number of piperidine rings is 1. The maximum atomic E-state index is 11.7. The average Bonchev–Trinajstić information content (AvgIpc) is 2.59. The molecule has 0 radical (unpaired) electrons. The van der Waals surface area contributed by atoms with E-state index >= 15 is 0 Å². The van der Waals surface area contributed by atoms with Crippen molar-refractivity contribution in [3.05, 3.63) is 29.3 Å². The molecule has 0 unspecified atom stereocenters. The fourth-order valence-corrected chi connectivity index (χ4v) is 5.48. The molecule has 2 bridgehead atoms. The van der Waals surface area contributed by atoms with Gasteiger partial charge < -0.3 is 14.4 Å². The minimum atomic E-state index is -0.604. The molecule has 3 atom stereocenters. The van der Waals surface area contributed by atoms with Gasteiger partial charge in [-0.05, 0) is 75.4 Å². The fraction of sp³-hybridized carbons (Fsp3) is 0.650. The highest BCUT2D eigenvalue weighted by atomic mass is 16.7. The standard InChI is InChI=1S/C20H27NO3/c1-3-23-19(22)24-15-8-7-14-12-18-16-6-4-5-9-20(16,17(14)13-15)10-11-21(18)2/h7-8,13,16,18H,3-6,9-12H2,1-2H3/t16-,18+,20+/m1/s1. The van der Waals surface area contributed by atoms with Gasteiger partial charge in [-0.2, -0.15) is 0 Å². The Kier molecular flexibility index (Phi) is 4.03. The van der Waals surface area contributed by atoms with E-state index in [-0.39, 0.29) is 5.41 Å². The van der Waals surface area contributed by atoms with Gasteiger partial charge in [-0.1, -0.05) is 18.9 Å². The van der Waals surface area contributed by atoms with Crippen molar-refractivity contribution in [3.8, 4) is 5.75 Å². The Balaban J connectivity index is 1.72. The largest absolute Gasteiger partial charge is 0.513 e. The number of carbonyl (C=O) groups excluding carboxylic acids is 1. The second-order valence-corrected chi connectivity index (χ2v) is 7.61. The molecule has 0 N–H and O–H groups in total. The van der Waals surface area contributed by atoms with Crippen LogP contribution in [-0.2, 0) is 16.6 Å². The highest BCUT2D eigenvalue weighted by molar-refractivity contribution is 5.64. The van der Waals surface area contributed by atoms with Gasteiger partial charge in [0, 0.05) is 11.5 Å². The summed E-state index contributed by atoms with van der Waals surface area (Å²) < 4.78 is 10.3. The summed E-state index contributed by atoms with van der Waals surface area (Å²) in [6.07, 6.45) is 7.01. The maximum Gasteiger partial charge on any atom is 0.513 e. The van der Waals surface area contributed by atoms with Crippen LogP contribution < -0.4 is 4.74 Å². The molecular weight excluding hydrogens is 302 g/mol. The van der Waals surface area contributed by atoms with Crippen LogP contribution in [0.1, 0.15) is 50.2 Å². The van der Waals surface area contributed by atoms with Gasteiger partial charge >= 0.3 is 6.16 Å². The first-order valence-electron chi connectivity index (χ1n) is 9.32. The highest BCUT2D eigenvalue weighted by Crippen LogP contribution is 2.55. The topological polar surface area (TPSA) is 38.8 Å². The van der Waals surface area contributed by atoms with E-state index in [2.05, 4.69) is 24.1 Å². The van der Waals surface area contributed by atoms with Crippen LogP contribution in [0.2, 0.25) is 0 Å². The molecule has 1 saturated heterocycles. The van der Waals surface area contributed by atoms with E-state index in [4.69, 9.17) is 9.47 Å². The van der Waals surface area contributed by atoms with Crippen LogP contribution in [0.5, 0.6) is 5.75 Å². The van der Waals surface area contributed by atoms with Crippen molar-refractivity contribution in [1.29, 1.82) is 0 Å². The number of ether oxygens (including phenoxy) is 2. The summed E-state index contributed by atoms with van der Waals surface area (Å²) in [5, 5.41) is 0. The summed E-state index contributed by atoms with van der Waals surface area (Å²) in [5.74, 6) is 1.37. The summed E-state index contributed by atoms with van der Waals surface area (Å²) in [6.45, 7) is 3.30. The van der Waals surface area contributed by atoms with Crippen LogP contribution in [0.25, 0.3) is 0 Å². The third-order valence-electron chi connectivity index (χ3n) is 6.55. The lowest BCUT2D eigenvalue weighted by molar-refractivity contribution is 0.00269. The van der Waals surface area contributed by atoms with E-state index in [0.717, 1.165) is 12.3 Å². The van der Waals surface area contributed by atoms with Crippen molar-refractivity contribution in [3.63, 3.8) is 0 Å².